The van der Waals surface area contributed by atoms with Crippen molar-refractivity contribution in [3.8, 4) is 22.1 Å². The second kappa shape index (κ2) is 8.69. The van der Waals surface area contributed by atoms with E-state index in [1.165, 1.54) is 11.3 Å². The van der Waals surface area contributed by atoms with E-state index in [-0.39, 0.29) is 5.91 Å². The Hall–Kier alpha value is -3.16. The molecule has 4 aromatic rings. The Balaban J connectivity index is 1.60. The molecule has 2 aromatic heterocycles. The van der Waals surface area contributed by atoms with Crippen molar-refractivity contribution in [2.75, 3.05) is 11.9 Å². The van der Waals surface area contributed by atoms with Crippen molar-refractivity contribution in [3.63, 3.8) is 0 Å². The van der Waals surface area contributed by atoms with Crippen LogP contribution in [0.3, 0.4) is 0 Å². The highest BCUT2D eigenvalue weighted by atomic mass is 35.5. The van der Waals surface area contributed by atoms with Gasteiger partial charge in [0, 0.05) is 17.0 Å². The third-order valence-corrected chi connectivity index (χ3v) is 5.47. The average Bonchev–Trinajstić information content (AvgIpc) is 3.36. The first-order valence-corrected chi connectivity index (χ1v) is 10.6. The quantitative estimate of drug-likeness (QED) is 0.425. The number of nitrogens with zero attached hydrogens (tertiary/aromatic N) is 3. The Labute approximate surface area is 183 Å². The molecule has 0 aliphatic rings. The molecule has 0 aliphatic heterocycles. The highest BCUT2D eigenvalue weighted by Crippen LogP contribution is 2.28. The van der Waals surface area contributed by atoms with Crippen LogP contribution in [0, 0.1) is 6.92 Å². The first-order valence-electron chi connectivity index (χ1n) is 9.37. The molecule has 0 bridgehead atoms. The van der Waals surface area contributed by atoms with E-state index < -0.39 is 0 Å². The van der Waals surface area contributed by atoms with Crippen molar-refractivity contribution in [1.29, 1.82) is 0 Å². The van der Waals surface area contributed by atoms with Crippen molar-refractivity contribution in [2.24, 2.45) is 0 Å². The van der Waals surface area contributed by atoms with Gasteiger partial charge in [0.05, 0.1) is 28.6 Å². The van der Waals surface area contributed by atoms with Crippen LogP contribution in [-0.4, -0.2) is 27.3 Å². The average molecular weight is 439 g/mol. The molecule has 4 rings (SSSR count). The van der Waals surface area contributed by atoms with Gasteiger partial charge in [0.15, 0.2) is 0 Å². The van der Waals surface area contributed by atoms with Gasteiger partial charge < -0.3 is 10.1 Å². The fourth-order valence-electron chi connectivity index (χ4n) is 2.95. The smallest absolute Gasteiger partial charge is 0.258 e. The number of halogens is 1. The summed E-state index contributed by atoms with van der Waals surface area (Å²) in [6, 6.07) is 16.5. The minimum atomic E-state index is -0.301. The first-order chi connectivity index (χ1) is 14.5. The Morgan fingerprint density at radius 1 is 1.20 bits per heavy atom. The van der Waals surface area contributed by atoms with Crippen LogP contribution in [0.2, 0.25) is 5.02 Å². The zero-order valence-electron chi connectivity index (χ0n) is 16.4. The van der Waals surface area contributed by atoms with Gasteiger partial charge in [-0.05, 0) is 50.2 Å². The lowest BCUT2D eigenvalue weighted by Gasteiger charge is -2.07. The number of rotatable bonds is 6. The fraction of sp³-hybridized carbons (Fsp3) is 0.136. The molecule has 30 heavy (non-hydrogen) atoms. The molecule has 0 spiro atoms. The van der Waals surface area contributed by atoms with E-state index in [1.807, 2.05) is 43.5 Å². The fourth-order valence-corrected chi connectivity index (χ4v) is 3.96. The zero-order valence-corrected chi connectivity index (χ0v) is 18.0. The number of ether oxygens (including phenoxy) is 1. The van der Waals surface area contributed by atoms with Crippen molar-refractivity contribution in [1.82, 2.24) is 14.8 Å². The summed E-state index contributed by atoms with van der Waals surface area (Å²) in [6.07, 6.45) is 0. The molecule has 6 nitrogen and oxygen atoms in total. The number of nitrogens with one attached hydrogen (secondary N) is 1. The van der Waals surface area contributed by atoms with Gasteiger partial charge >= 0.3 is 0 Å². The van der Waals surface area contributed by atoms with E-state index in [0.717, 1.165) is 22.7 Å². The van der Waals surface area contributed by atoms with E-state index in [9.17, 15) is 4.79 Å². The van der Waals surface area contributed by atoms with Crippen LogP contribution in [0.1, 0.15) is 23.0 Å². The second-order valence-electron chi connectivity index (χ2n) is 6.49. The number of carbonyl (C=O) groups excluding carboxylic acids is 1. The number of amides is 1. The van der Waals surface area contributed by atoms with Crippen molar-refractivity contribution in [2.45, 2.75) is 13.8 Å². The molecule has 8 heteroatoms. The minimum absolute atomic E-state index is 0.301. The van der Waals surface area contributed by atoms with Gasteiger partial charge in [-0.1, -0.05) is 23.7 Å². The monoisotopic (exact) mass is 438 g/mol. The van der Waals surface area contributed by atoms with E-state index in [1.54, 1.807) is 35.0 Å². The molecule has 0 atom stereocenters. The molecule has 2 heterocycles. The van der Waals surface area contributed by atoms with E-state index >= 15 is 0 Å². The van der Waals surface area contributed by atoms with Crippen LogP contribution < -0.4 is 10.1 Å². The van der Waals surface area contributed by atoms with Crippen LogP contribution >= 0.6 is 22.9 Å². The van der Waals surface area contributed by atoms with Crippen molar-refractivity contribution >= 4 is 34.7 Å². The highest BCUT2D eigenvalue weighted by Gasteiger charge is 2.16. The molecule has 0 fully saturated rings. The molecule has 1 amide bonds. The van der Waals surface area contributed by atoms with E-state index in [0.29, 0.717) is 28.1 Å². The summed E-state index contributed by atoms with van der Waals surface area (Å²) in [5.74, 6) is 1.05. The van der Waals surface area contributed by atoms with Gasteiger partial charge in [0.2, 0.25) is 5.13 Å². The molecule has 0 radical (unpaired) electrons. The first kappa shape index (κ1) is 20.1. The molecule has 0 unspecified atom stereocenters. The van der Waals surface area contributed by atoms with Crippen molar-refractivity contribution < 1.29 is 9.53 Å². The number of carbonyl (C=O) groups is 1. The molecule has 2 aromatic carbocycles. The maximum Gasteiger partial charge on any atom is 0.258 e. The molecule has 152 valence electrons. The summed E-state index contributed by atoms with van der Waals surface area (Å²) < 4.78 is 7.12. The van der Waals surface area contributed by atoms with Gasteiger partial charge in [-0.25, -0.2) is 4.98 Å². The minimum Gasteiger partial charge on any atom is -0.494 e. The molecular formula is C22H19ClN4O2S. The third kappa shape index (κ3) is 4.22. The SMILES string of the molecule is CCOc1ccc(-c2csc(-n3nc(C)cc3NC(=O)c3ccccc3Cl)n2)cc1. The predicted molar refractivity (Wildman–Crippen MR) is 120 cm³/mol. The lowest BCUT2D eigenvalue weighted by atomic mass is 10.2. The maximum atomic E-state index is 12.7. The standard InChI is InChI=1S/C22H19ClN4O2S/c1-3-29-16-10-8-15(9-11-16)19-13-30-22(24-19)27-20(12-14(2)26-27)25-21(28)17-6-4-5-7-18(17)23/h4-13H,3H2,1-2H3,(H,25,28). The van der Waals surface area contributed by atoms with Gasteiger partial charge in [-0.15, -0.1) is 11.3 Å². The number of benzene rings is 2. The number of aromatic nitrogens is 3. The summed E-state index contributed by atoms with van der Waals surface area (Å²) in [6.45, 7) is 4.44. The highest BCUT2D eigenvalue weighted by molar-refractivity contribution is 7.12. The number of anilines is 1. The van der Waals surface area contributed by atoms with Crippen LogP contribution in [0.25, 0.3) is 16.4 Å². The van der Waals surface area contributed by atoms with E-state index in [2.05, 4.69) is 10.4 Å². The Morgan fingerprint density at radius 3 is 2.70 bits per heavy atom. The Morgan fingerprint density at radius 2 is 1.97 bits per heavy atom. The number of thiazole rings is 1. The Bertz CT molecular complexity index is 1180. The number of hydrogen-bond donors (Lipinski definition) is 1. The van der Waals surface area contributed by atoms with Gasteiger partial charge in [0.1, 0.15) is 11.6 Å². The van der Waals surface area contributed by atoms with Gasteiger partial charge in [-0.3, -0.25) is 4.79 Å². The van der Waals surface area contributed by atoms with Gasteiger partial charge in [0.25, 0.3) is 5.91 Å². The normalized spacial score (nSPS) is 10.8. The summed E-state index contributed by atoms with van der Waals surface area (Å²) in [4.78, 5) is 17.4. The topological polar surface area (TPSA) is 69.0 Å². The number of aryl methyl sites for hydroxylation is 1. The summed E-state index contributed by atoms with van der Waals surface area (Å²) >= 11 is 7.59. The van der Waals surface area contributed by atoms with Crippen LogP contribution in [0.5, 0.6) is 5.75 Å². The number of hydrogen-bond acceptors (Lipinski definition) is 5. The lowest BCUT2D eigenvalue weighted by Crippen LogP contribution is -2.15. The van der Waals surface area contributed by atoms with Crippen molar-refractivity contribution in [3.05, 3.63) is 76.3 Å². The molecule has 0 aliphatic carbocycles. The summed E-state index contributed by atoms with van der Waals surface area (Å²) in [7, 11) is 0. The maximum absolute atomic E-state index is 12.7. The summed E-state index contributed by atoms with van der Waals surface area (Å²) in [5.41, 5.74) is 2.97. The molecule has 0 saturated carbocycles. The molecular weight excluding hydrogens is 420 g/mol. The van der Waals surface area contributed by atoms with Crippen LogP contribution in [-0.2, 0) is 0 Å². The Kier molecular flexibility index (Phi) is 5.83. The third-order valence-electron chi connectivity index (χ3n) is 4.33. The lowest BCUT2D eigenvalue weighted by molar-refractivity contribution is 0.102. The zero-order chi connectivity index (χ0) is 21.1. The van der Waals surface area contributed by atoms with Crippen LogP contribution in [0.4, 0.5) is 5.82 Å². The summed E-state index contributed by atoms with van der Waals surface area (Å²) in [5, 5.41) is 10.4. The molecule has 1 N–H and O–H groups in total. The van der Waals surface area contributed by atoms with Crippen LogP contribution in [0.15, 0.2) is 60.0 Å². The second-order valence-corrected chi connectivity index (χ2v) is 7.73. The molecule has 0 saturated heterocycles. The van der Waals surface area contributed by atoms with Gasteiger partial charge in [-0.2, -0.15) is 9.78 Å². The van der Waals surface area contributed by atoms with E-state index in [4.69, 9.17) is 21.3 Å². The predicted octanol–water partition coefficient (Wildman–Crippen LogP) is 5.61. The largest absolute Gasteiger partial charge is 0.494 e.